The van der Waals surface area contributed by atoms with Crippen molar-refractivity contribution < 1.29 is 4.39 Å². The number of aromatic nitrogens is 4. The smallest absolute Gasteiger partial charge is 0.320 e. The molecular weight excluding hydrogens is 383 g/mol. The molecule has 0 saturated heterocycles. The number of fused-ring (bicyclic) bond motifs is 1. The molecule has 2 aromatic carbocycles. The van der Waals surface area contributed by atoms with Gasteiger partial charge in [-0.2, -0.15) is 0 Å². The summed E-state index contributed by atoms with van der Waals surface area (Å²) in [7, 11) is 0. The summed E-state index contributed by atoms with van der Waals surface area (Å²) in [5, 5.41) is 0. The zero-order chi connectivity index (χ0) is 21.3. The molecule has 6 nitrogen and oxygen atoms in total. The molecule has 0 amide bonds. The van der Waals surface area contributed by atoms with Gasteiger partial charge in [-0.3, -0.25) is 9.36 Å². The van der Waals surface area contributed by atoms with Crippen LogP contribution < -0.4 is 11.2 Å². The van der Waals surface area contributed by atoms with Gasteiger partial charge in [0, 0.05) is 13.1 Å². The summed E-state index contributed by atoms with van der Waals surface area (Å²) in [6.07, 6.45) is 2.27. The summed E-state index contributed by atoms with van der Waals surface area (Å²) in [6.45, 7) is 4.79. The van der Waals surface area contributed by atoms with Gasteiger partial charge in [0.15, 0.2) is 11.2 Å². The summed E-state index contributed by atoms with van der Waals surface area (Å²) >= 11 is 0. The maximum Gasteiger partial charge on any atom is 0.337 e. The number of rotatable bonds is 6. The van der Waals surface area contributed by atoms with E-state index < -0.39 is 5.69 Å². The van der Waals surface area contributed by atoms with Crippen LogP contribution in [-0.4, -0.2) is 18.7 Å². The van der Waals surface area contributed by atoms with Crippen LogP contribution in [0, 0.1) is 11.7 Å². The SMILES string of the molecule is CC(C)CCn1c(=O)c2c(ncn2Cc2ccc(F)cc2)n(-c2ccccc2)c1=O. The minimum atomic E-state index is -0.397. The van der Waals surface area contributed by atoms with Crippen molar-refractivity contribution in [3.05, 3.63) is 93.1 Å². The topological polar surface area (TPSA) is 61.8 Å². The van der Waals surface area contributed by atoms with Gasteiger partial charge in [0.2, 0.25) is 0 Å². The van der Waals surface area contributed by atoms with E-state index >= 15 is 0 Å². The first-order valence-electron chi connectivity index (χ1n) is 9.96. The molecule has 0 radical (unpaired) electrons. The summed E-state index contributed by atoms with van der Waals surface area (Å²) in [5.41, 5.74) is 1.40. The Bertz CT molecular complexity index is 1290. The first-order valence-corrected chi connectivity index (χ1v) is 9.96. The zero-order valence-electron chi connectivity index (χ0n) is 17.0. The highest BCUT2D eigenvalue weighted by Crippen LogP contribution is 2.15. The number of benzene rings is 2. The predicted octanol–water partition coefficient (Wildman–Crippen LogP) is 3.58. The highest BCUT2D eigenvalue weighted by Gasteiger charge is 2.19. The zero-order valence-corrected chi connectivity index (χ0v) is 17.0. The van der Waals surface area contributed by atoms with Crippen LogP contribution in [0.4, 0.5) is 4.39 Å². The van der Waals surface area contributed by atoms with Crippen molar-refractivity contribution >= 4 is 11.2 Å². The van der Waals surface area contributed by atoms with Crippen molar-refractivity contribution in [3.8, 4) is 5.69 Å². The van der Waals surface area contributed by atoms with E-state index in [0.717, 1.165) is 5.56 Å². The van der Waals surface area contributed by atoms with Crippen molar-refractivity contribution in [2.24, 2.45) is 5.92 Å². The van der Waals surface area contributed by atoms with Gasteiger partial charge in [0.25, 0.3) is 5.56 Å². The molecule has 7 heteroatoms. The van der Waals surface area contributed by atoms with Gasteiger partial charge in [0.1, 0.15) is 5.82 Å². The Hall–Kier alpha value is -3.48. The average Bonchev–Trinajstić information content (AvgIpc) is 3.13. The van der Waals surface area contributed by atoms with Gasteiger partial charge < -0.3 is 4.57 Å². The van der Waals surface area contributed by atoms with Crippen molar-refractivity contribution in [2.45, 2.75) is 33.4 Å². The molecule has 0 fully saturated rings. The van der Waals surface area contributed by atoms with Gasteiger partial charge in [-0.15, -0.1) is 0 Å². The largest absolute Gasteiger partial charge is 0.337 e. The second kappa shape index (κ2) is 8.10. The van der Waals surface area contributed by atoms with Crippen molar-refractivity contribution in [3.63, 3.8) is 0 Å². The maximum absolute atomic E-state index is 13.3. The summed E-state index contributed by atoms with van der Waals surface area (Å²) in [6, 6.07) is 15.3. The molecule has 0 spiro atoms. The molecule has 154 valence electrons. The van der Waals surface area contributed by atoms with Gasteiger partial charge >= 0.3 is 5.69 Å². The average molecular weight is 406 g/mol. The third kappa shape index (κ3) is 3.70. The Balaban J connectivity index is 1.94. The van der Waals surface area contributed by atoms with E-state index in [9.17, 15) is 14.0 Å². The van der Waals surface area contributed by atoms with Gasteiger partial charge in [-0.05, 0) is 42.2 Å². The molecule has 0 saturated carbocycles. The van der Waals surface area contributed by atoms with Crippen molar-refractivity contribution in [2.75, 3.05) is 0 Å². The lowest BCUT2D eigenvalue weighted by Gasteiger charge is -2.13. The Kier molecular flexibility index (Phi) is 5.35. The Morgan fingerprint density at radius 2 is 1.70 bits per heavy atom. The van der Waals surface area contributed by atoms with Crippen LogP contribution >= 0.6 is 0 Å². The first-order chi connectivity index (χ1) is 14.5. The summed E-state index contributed by atoms with van der Waals surface area (Å²) in [4.78, 5) is 31.0. The standard InChI is InChI=1S/C23H23FN4O2/c1-16(2)12-13-27-22(29)20-21(28(23(27)30)19-6-4-3-5-7-19)25-15-26(20)14-17-8-10-18(24)11-9-17/h3-11,15-16H,12-14H2,1-2H3. The molecule has 0 aliphatic carbocycles. The number of hydrogen-bond acceptors (Lipinski definition) is 3. The van der Waals surface area contributed by atoms with Gasteiger partial charge in [-0.25, -0.2) is 18.7 Å². The maximum atomic E-state index is 13.3. The van der Waals surface area contributed by atoms with E-state index in [2.05, 4.69) is 18.8 Å². The van der Waals surface area contributed by atoms with E-state index in [4.69, 9.17) is 0 Å². The highest BCUT2D eigenvalue weighted by atomic mass is 19.1. The summed E-state index contributed by atoms with van der Waals surface area (Å²) < 4.78 is 17.8. The lowest BCUT2D eigenvalue weighted by atomic mass is 10.1. The third-order valence-electron chi connectivity index (χ3n) is 5.11. The minimum absolute atomic E-state index is 0.316. The van der Waals surface area contributed by atoms with Crippen LogP contribution in [0.5, 0.6) is 0 Å². The number of halogens is 1. The molecule has 4 aromatic rings. The molecule has 0 atom stereocenters. The molecule has 0 N–H and O–H groups in total. The number of hydrogen-bond donors (Lipinski definition) is 0. The number of nitrogens with zero attached hydrogens (tertiary/aromatic N) is 4. The fourth-order valence-electron chi connectivity index (χ4n) is 3.48. The number of para-hydroxylation sites is 1. The van der Waals surface area contributed by atoms with Crippen LogP contribution in [0.2, 0.25) is 0 Å². The third-order valence-corrected chi connectivity index (χ3v) is 5.11. The fourth-order valence-corrected chi connectivity index (χ4v) is 3.48. The molecule has 4 rings (SSSR count). The molecule has 0 aliphatic heterocycles. The Morgan fingerprint density at radius 3 is 2.37 bits per heavy atom. The van der Waals surface area contributed by atoms with Gasteiger partial charge in [-0.1, -0.05) is 44.2 Å². The quantitative estimate of drug-likeness (QED) is 0.492. The Morgan fingerprint density at radius 1 is 1.00 bits per heavy atom. The van der Waals surface area contributed by atoms with E-state index in [1.54, 1.807) is 23.0 Å². The summed E-state index contributed by atoms with van der Waals surface area (Å²) in [5.74, 6) is 0.0319. The van der Waals surface area contributed by atoms with E-state index in [-0.39, 0.29) is 11.4 Å². The molecule has 2 heterocycles. The second-order valence-electron chi connectivity index (χ2n) is 7.76. The van der Waals surface area contributed by atoms with Crippen LogP contribution in [0.1, 0.15) is 25.8 Å². The monoisotopic (exact) mass is 406 g/mol. The van der Waals surface area contributed by atoms with E-state index in [1.807, 2.05) is 30.3 Å². The Labute approximate surface area is 172 Å². The van der Waals surface area contributed by atoms with Crippen LogP contribution in [0.25, 0.3) is 16.9 Å². The fraction of sp³-hybridized carbons (Fsp3) is 0.261. The lowest BCUT2D eigenvalue weighted by molar-refractivity contribution is 0.491. The second-order valence-corrected chi connectivity index (χ2v) is 7.76. The molecular formula is C23H23FN4O2. The van der Waals surface area contributed by atoms with Crippen LogP contribution in [-0.2, 0) is 13.1 Å². The van der Waals surface area contributed by atoms with Crippen molar-refractivity contribution in [1.29, 1.82) is 0 Å². The predicted molar refractivity (Wildman–Crippen MR) is 115 cm³/mol. The molecule has 0 aliphatic rings. The van der Waals surface area contributed by atoms with Crippen LogP contribution in [0.15, 0.2) is 70.5 Å². The van der Waals surface area contributed by atoms with E-state index in [0.29, 0.717) is 42.3 Å². The highest BCUT2D eigenvalue weighted by molar-refractivity contribution is 5.72. The lowest BCUT2D eigenvalue weighted by Crippen LogP contribution is -2.40. The normalized spacial score (nSPS) is 11.5. The minimum Gasteiger partial charge on any atom is -0.320 e. The first kappa shape index (κ1) is 19.8. The molecule has 0 unspecified atom stereocenters. The molecule has 0 bridgehead atoms. The van der Waals surface area contributed by atoms with Crippen LogP contribution in [0.3, 0.4) is 0 Å². The molecule has 2 aromatic heterocycles. The van der Waals surface area contributed by atoms with Gasteiger partial charge in [0.05, 0.1) is 12.0 Å². The van der Waals surface area contributed by atoms with Crippen molar-refractivity contribution in [1.82, 2.24) is 18.7 Å². The number of imidazole rings is 1. The van der Waals surface area contributed by atoms with E-state index in [1.165, 1.54) is 21.3 Å². The molecule has 30 heavy (non-hydrogen) atoms.